The second-order valence-electron chi connectivity index (χ2n) is 4.37. The molecule has 0 bridgehead atoms. The lowest BCUT2D eigenvalue weighted by molar-refractivity contribution is -0.138. The Morgan fingerprint density at radius 2 is 2.19 bits per heavy atom. The zero-order chi connectivity index (χ0) is 15.6. The van der Waals surface area contributed by atoms with Gasteiger partial charge in [0.25, 0.3) is 0 Å². The van der Waals surface area contributed by atoms with Crippen molar-refractivity contribution < 1.29 is 13.9 Å². The van der Waals surface area contributed by atoms with Crippen LogP contribution in [0.5, 0.6) is 0 Å². The largest absolute Gasteiger partial charge is 0.463 e. The molecule has 4 nitrogen and oxygen atoms in total. The van der Waals surface area contributed by atoms with Crippen LogP contribution in [0.25, 0.3) is 0 Å². The van der Waals surface area contributed by atoms with Crippen LogP contribution in [0.4, 0.5) is 4.39 Å². The second kappa shape index (κ2) is 6.45. The van der Waals surface area contributed by atoms with E-state index in [9.17, 15) is 9.18 Å². The number of aliphatic imine (C=N–C) groups is 1. The van der Waals surface area contributed by atoms with Crippen molar-refractivity contribution in [3.63, 3.8) is 0 Å². The van der Waals surface area contributed by atoms with Crippen molar-refractivity contribution in [1.29, 1.82) is 0 Å². The van der Waals surface area contributed by atoms with E-state index in [2.05, 4.69) is 10.3 Å². The molecular weight excluding hydrogens is 318 g/mol. The number of ether oxygens (including phenoxy) is 1. The summed E-state index contributed by atoms with van der Waals surface area (Å²) in [5, 5.41) is 3.08. The van der Waals surface area contributed by atoms with Gasteiger partial charge in [-0.3, -0.25) is 0 Å². The molecule has 2 rings (SSSR count). The normalized spacial score (nSPS) is 18.1. The molecule has 1 aliphatic heterocycles. The Labute approximate surface area is 131 Å². The van der Waals surface area contributed by atoms with E-state index < -0.39 is 17.8 Å². The minimum Gasteiger partial charge on any atom is -0.463 e. The van der Waals surface area contributed by atoms with Crippen molar-refractivity contribution in [3.05, 3.63) is 45.9 Å². The molecule has 7 heteroatoms. The van der Waals surface area contributed by atoms with Gasteiger partial charge in [0.1, 0.15) is 11.9 Å². The molecule has 0 fully saturated rings. The van der Waals surface area contributed by atoms with E-state index in [0.717, 1.165) is 0 Å². The first-order valence-corrected chi connectivity index (χ1v) is 7.02. The number of esters is 1. The van der Waals surface area contributed by atoms with Crippen molar-refractivity contribution in [2.75, 3.05) is 6.61 Å². The smallest absolute Gasteiger partial charge is 0.338 e. The van der Waals surface area contributed by atoms with Gasteiger partial charge in [0.2, 0.25) is 0 Å². The highest BCUT2D eigenvalue weighted by molar-refractivity contribution is 6.65. The van der Waals surface area contributed by atoms with Crippen molar-refractivity contribution in [2.24, 2.45) is 4.99 Å². The molecule has 21 heavy (non-hydrogen) atoms. The molecule has 0 aromatic heterocycles. The van der Waals surface area contributed by atoms with Gasteiger partial charge in [0.15, 0.2) is 5.29 Å². The summed E-state index contributed by atoms with van der Waals surface area (Å²) in [6.07, 6.45) is 0. The highest BCUT2D eigenvalue weighted by Gasteiger charge is 2.31. The predicted octanol–water partition coefficient (Wildman–Crippen LogP) is 3.56. The van der Waals surface area contributed by atoms with Gasteiger partial charge < -0.3 is 10.1 Å². The molecule has 0 amide bonds. The quantitative estimate of drug-likeness (QED) is 0.681. The van der Waals surface area contributed by atoms with Crippen LogP contribution in [-0.4, -0.2) is 17.9 Å². The Morgan fingerprint density at radius 1 is 1.48 bits per heavy atom. The molecule has 1 aromatic carbocycles. The number of halogens is 3. The Bertz CT molecular complexity index is 644. The van der Waals surface area contributed by atoms with Gasteiger partial charge in [-0.2, -0.15) is 0 Å². The maximum atomic E-state index is 13.2. The van der Waals surface area contributed by atoms with Gasteiger partial charge in [-0.25, -0.2) is 14.2 Å². The van der Waals surface area contributed by atoms with E-state index in [4.69, 9.17) is 27.9 Å². The average molecular weight is 331 g/mol. The zero-order valence-corrected chi connectivity index (χ0v) is 12.9. The summed E-state index contributed by atoms with van der Waals surface area (Å²) < 4.78 is 18.2. The first kappa shape index (κ1) is 15.8. The van der Waals surface area contributed by atoms with Crippen molar-refractivity contribution in [3.8, 4) is 0 Å². The van der Waals surface area contributed by atoms with E-state index in [-0.39, 0.29) is 16.9 Å². The number of allylic oxidation sites excluding steroid dienone is 1. The lowest BCUT2D eigenvalue weighted by atomic mass is 9.96. The third-order valence-corrected chi connectivity index (χ3v) is 3.48. The van der Waals surface area contributed by atoms with Crippen LogP contribution in [0, 0.1) is 5.82 Å². The van der Waals surface area contributed by atoms with Gasteiger partial charge in [-0.1, -0.05) is 17.7 Å². The van der Waals surface area contributed by atoms with Gasteiger partial charge in [-0.15, -0.1) is 0 Å². The number of benzene rings is 1. The molecule has 0 aliphatic carbocycles. The van der Waals surface area contributed by atoms with Gasteiger partial charge in [0, 0.05) is 16.3 Å². The summed E-state index contributed by atoms with van der Waals surface area (Å²) in [4.78, 5) is 16.3. The minimum absolute atomic E-state index is 0.131. The number of hydrogen-bond acceptors (Lipinski definition) is 4. The Balaban J connectivity index is 2.51. The van der Waals surface area contributed by atoms with Crippen LogP contribution >= 0.6 is 23.2 Å². The molecule has 1 N–H and O–H groups in total. The maximum Gasteiger partial charge on any atom is 0.338 e. The predicted molar refractivity (Wildman–Crippen MR) is 79.9 cm³/mol. The Morgan fingerprint density at radius 3 is 2.81 bits per heavy atom. The summed E-state index contributed by atoms with van der Waals surface area (Å²) in [6.45, 7) is 3.63. The fraction of sp³-hybridized carbons (Fsp3) is 0.286. The van der Waals surface area contributed by atoms with Crippen LogP contribution in [0.3, 0.4) is 0 Å². The molecule has 1 aliphatic rings. The van der Waals surface area contributed by atoms with E-state index in [1.165, 1.54) is 18.2 Å². The van der Waals surface area contributed by atoms with E-state index in [1.807, 2.05) is 0 Å². The number of nitrogens with zero attached hydrogens (tertiary/aromatic N) is 1. The third kappa shape index (κ3) is 3.36. The standard InChI is InChI=1S/C14H13Cl2FN2O2/c1-3-21-13(20)11-7(2)18-14(16)19-12(11)9-5-4-8(17)6-10(9)15/h4-6,12H,3H2,1-2H3,(H,18,19). The Hall–Kier alpha value is -1.59. The van der Waals surface area contributed by atoms with Crippen molar-refractivity contribution in [2.45, 2.75) is 19.9 Å². The minimum atomic E-state index is -0.731. The van der Waals surface area contributed by atoms with Gasteiger partial charge in [-0.05, 0) is 37.6 Å². The van der Waals surface area contributed by atoms with Crippen LogP contribution in [-0.2, 0) is 9.53 Å². The summed E-state index contributed by atoms with van der Waals surface area (Å²) in [6, 6.07) is 3.17. The van der Waals surface area contributed by atoms with E-state index in [0.29, 0.717) is 16.8 Å². The molecule has 1 heterocycles. The van der Waals surface area contributed by atoms with Crippen LogP contribution < -0.4 is 5.32 Å². The summed E-state index contributed by atoms with van der Waals surface area (Å²) in [5.74, 6) is -0.980. The topological polar surface area (TPSA) is 50.7 Å². The van der Waals surface area contributed by atoms with Crippen LogP contribution in [0.2, 0.25) is 5.02 Å². The zero-order valence-electron chi connectivity index (χ0n) is 11.4. The highest BCUT2D eigenvalue weighted by atomic mass is 35.5. The molecule has 0 saturated heterocycles. The SMILES string of the molecule is CCOC(=O)C1=C(C)NC(Cl)=NC1c1ccc(F)cc1Cl. The molecule has 0 spiro atoms. The number of nitrogens with one attached hydrogen (secondary N) is 1. The summed E-state index contributed by atoms with van der Waals surface area (Å²) in [5.41, 5.74) is 1.31. The molecule has 1 aromatic rings. The first-order chi connectivity index (χ1) is 9.93. The monoisotopic (exact) mass is 330 g/mol. The van der Waals surface area contributed by atoms with Gasteiger partial charge >= 0.3 is 5.97 Å². The molecule has 0 radical (unpaired) electrons. The van der Waals surface area contributed by atoms with Crippen LogP contribution in [0.15, 0.2) is 34.5 Å². The summed E-state index contributed by atoms with van der Waals surface area (Å²) >= 11 is 12.0. The first-order valence-electron chi connectivity index (χ1n) is 6.27. The number of hydrogen-bond donors (Lipinski definition) is 1. The lowest BCUT2D eigenvalue weighted by Crippen LogP contribution is -2.29. The average Bonchev–Trinajstić information content (AvgIpc) is 2.37. The number of carbonyl (C=O) groups is 1. The molecule has 112 valence electrons. The summed E-state index contributed by atoms with van der Waals surface area (Å²) in [7, 11) is 0. The highest BCUT2D eigenvalue weighted by Crippen LogP contribution is 2.35. The van der Waals surface area contributed by atoms with Gasteiger partial charge in [0.05, 0.1) is 12.2 Å². The van der Waals surface area contributed by atoms with E-state index in [1.54, 1.807) is 13.8 Å². The fourth-order valence-electron chi connectivity index (χ4n) is 2.06. The van der Waals surface area contributed by atoms with Crippen molar-refractivity contribution >= 4 is 34.5 Å². The molecule has 0 saturated carbocycles. The fourth-order valence-corrected chi connectivity index (χ4v) is 2.57. The number of rotatable bonds is 3. The third-order valence-electron chi connectivity index (χ3n) is 2.96. The van der Waals surface area contributed by atoms with Crippen LogP contribution in [0.1, 0.15) is 25.5 Å². The molecule has 1 unspecified atom stereocenters. The van der Waals surface area contributed by atoms with E-state index >= 15 is 0 Å². The van der Waals surface area contributed by atoms with Crippen molar-refractivity contribution in [1.82, 2.24) is 5.32 Å². The lowest BCUT2D eigenvalue weighted by Gasteiger charge is -2.24. The number of amidine groups is 1. The molecule has 1 atom stereocenters. The second-order valence-corrected chi connectivity index (χ2v) is 5.14. The Kier molecular flexibility index (Phi) is 4.85. The maximum absolute atomic E-state index is 13.2. The molecular formula is C14H13Cl2FN2O2. The number of carbonyl (C=O) groups excluding carboxylic acids is 1.